The van der Waals surface area contributed by atoms with Crippen LogP contribution >= 0.6 is 11.8 Å². The van der Waals surface area contributed by atoms with Gasteiger partial charge in [-0.3, -0.25) is 4.79 Å². The average molecular weight is 402 g/mol. The summed E-state index contributed by atoms with van der Waals surface area (Å²) in [5, 5.41) is 15.2. The van der Waals surface area contributed by atoms with Crippen LogP contribution in [0, 0.1) is 11.3 Å². The van der Waals surface area contributed by atoms with Crippen molar-refractivity contribution in [1.29, 1.82) is 5.26 Å². The van der Waals surface area contributed by atoms with Crippen LogP contribution in [0.25, 0.3) is 10.8 Å². The van der Waals surface area contributed by atoms with Crippen LogP contribution < -0.4 is 5.32 Å². The van der Waals surface area contributed by atoms with E-state index >= 15 is 0 Å². The predicted octanol–water partition coefficient (Wildman–Crippen LogP) is 5.49. The first-order valence-corrected chi connectivity index (χ1v) is 11.0. The quantitative estimate of drug-likeness (QED) is 0.574. The highest BCUT2D eigenvalue weighted by molar-refractivity contribution is 8.00. The molecule has 1 atom stereocenters. The van der Waals surface area contributed by atoms with Gasteiger partial charge in [0.15, 0.2) is 0 Å². The van der Waals surface area contributed by atoms with Crippen molar-refractivity contribution in [3.05, 3.63) is 65.4 Å². The maximum Gasteiger partial charge on any atom is 0.237 e. The molecule has 4 nitrogen and oxygen atoms in total. The second-order valence-electron chi connectivity index (χ2n) is 7.30. The number of nitriles is 1. The number of benzene rings is 2. The first kappa shape index (κ1) is 19.5. The molecule has 0 bridgehead atoms. The smallest absolute Gasteiger partial charge is 0.237 e. The van der Waals surface area contributed by atoms with Crippen molar-refractivity contribution in [2.24, 2.45) is 0 Å². The lowest BCUT2D eigenvalue weighted by molar-refractivity contribution is -0.115. The molecule has 1 unspecified atom stereocenters. The number of pyridine rings is 1. The van der Waals surface area contributed by atoms with E-state index in [2.05, 4.69) is 11.4 Å². The first-order chi connectivity index (χ1) is 14.2. The van der Waals surface area contributed by atoms with Crippen molar-refractivity contribution in [2.75, 3.05) is 5.32 Å². The molecule has 3 aromatic rings. The molecule has 0 radical (unpaired) electrons. The zero-order valence-electron chi connectivity index (χ0n) is 16.4. The van der Waals surface area contributed by atoms with Crippen molar-refractivity contribution in [3.63, 3.8) is 0 Å². The predicted molar refractivity (Wildman–Crippen MR) is 118 cm³/mol. The van der Waals surface area contributed by atoms with Gasteiger partial charge >= 0.3 is 0 Å². The fourth-order valence-electron chi connectivity index (χ4n) is 3.79. The largest absolute Gasteiger partial charge is 0.325 e. The molecule has 5 heteroatoms. The number of nitrogens with one attached hydrogen (secondary N) is 1. The van der Waals surface area contributed by atoms with Crippen LogP contribution in [0.3, 0.4) is 0 Å². The van der Waals surface area contributed by atoms with Gasteiger partial charge < -0.3 is 5.32 Å². The maximum absolute atomic E-state index is 13.0. The van der Waals surface area contributed by atoms with E-state index in [9.17, 15) is 10.1 Å². The second-order valence-corrected chi connectivity index (χ2v) is 8.49. The molecular weight excluding hydrogens is 378 g/mol. The Bertz CT molecular complexity index is 1100. The normalized spacial score (nSPS) is 14.1. The Hall–Kier alpha value is -2.84. The summed E-state index contributed by atoms with van der Waals surface area (Å²) < 4.78 is 0. The summed E-state index contributed by atoms with van der Waals surface area (Å²) >= 11 is 1.40. The van der Waals surface area contributed by atoms with Gasteiger partial charge in [0.2, 0.25) is 5.91 Å². The van der Waals surface area contributed by atoms with Crippen LogP contribution in [0.15, 0.2) is 53.6 Å². The Labute approximate surface area is 175 Å². The summed E-state index contributed by atoms with van der Waals surface area (Å²) in [4.78, 5) is 17.8. The minimum absolute atomic E-state index is 0.0581. The molecule has 1 aliphatic rings. The lowest BCUT2D eigenvalue weighted by Gasteiger charge is -2.19. The number of fused-ring (bicyclic) bond motifs is 2. The van der Waals surface area contributed by atoms with Crippen molar-refractivity contribution >= 4 is 34.1 Å². The van der Waals surface area contributed by atoms with Crippen molar-refractivity contribution < 1.29 is 4.79 Å². The summed E-state index contributed by atoms with van der Waals surface area (Å²) in [6.45, 7) is 1.99. The van der Waals surface area contributed by atoms with Gasteiger partial charge in [-0.25, -0.2) is 4.98 Å². The van der Waals surface area contributed by atoms with E-state index in [-0.39, 0.29) is 11.2 Å². The molecule has 0 fully saturated rings. The van der Waals surface area contributed by atoms with E-state index in [0.717, 1.165) is 47.8 Å². The van der Waals surface area contributed by atoms with Crippen LogP contribution in [0.4, 0.5) is 5.69 Å². The van der Waals surface area contributed by atoms with Gasteiger partial charge in [0.1, 0.15) is 11.1 Å². The van der Waals surface area contributed by atoms with Crippen molar-refractivity contribution in [2.45, 2.75) is 49.3 Å². The highest BCUT2D eigenvalue weighted by Crippen LogP contribution is 2.32. The Morgan fingerprint density at radius 2 is 2.00 bits per heavy atom. The average Bonchev–Trinajstić information content (AvgIpc) is 2.77. The first-order valence-electron chi connectivity index (χ1n) is 10.1. The molecule has 0 saturated carbocycles. The molecule has 1 N–H and O–H groups in total. The maximum atomic E-state index is 13.0. The highest BCUT2D eigenvalue weighted by Gasteiger charge is 2.23. The van der Waals surface area contributed by atoms with E-state index in [1.165, 1.54) is 17.3 Å². The van der Waals surface area contributed by atoms with Crippen molar-refractivity contribution in [3.8, 4) is 6.07 Å². The molecule has 0 spiro atoms. The van der Waals surface area contributed by atoms with Gasteiger partial charge in [-0.1, -0.05) is 55.1 Å². The molecule has 29 heavy (non-hydrogen) atoms. The number of carbonyl (C=O) groups is 1. The summed E-state index contributed by atoms with van der Waals surface area (Å²) in [6.07, 6.45) is 4.88. The lowest BCUT2D eigenvalue weighted by Crippen LogP contribution is -2.25. The van der Waals surface area contributed by atoms with Gasteiger partial charge in [-0.05, 0) is 55.2 Å². The Kier molecular flexibility index (Phi) is 5.82. The zero-order chi connectivity index (χ0) is 20.2. The number of thioether (sulfide) groups is 1. The second kappa shape index (κ2) is 8.67. The summed E-state index contributed by atoms with van der Waals surface area (Å²) in [5.74, 6) is -0.0581. The van der Waals surface area contributed by atoms with Crippen LogP contribution in [0.5, 0.6) is 0 Å². The number of nitrogens with zero attached hydrogens (tertiary/aromatic N) is 2. The SMILES string of the molecule is CCC(Sc1nc2c(cc1C#N)CCCC2)C(=O)Nc1cccc2ccccc12. The summed E-state index contributed by atoms with van der Waals surface area (Å²) in [6, 6.07) is 18.2. The zero-order valence-corrected chi connectivity index (χ0v) is 17.3. The third kappa shape index (κ3) is 4.13. The number of amides is 1. The highest BCUT2D eigenvalue weighted by atomic mass is 32.2. The van der Waals surface area contributed by atoms with Gasteiger partial charge in [0.25, 0.3) is 0 Å². The summed E-state index contributed by atoms with van der Waals surface area (Å²) in [7, 11) is 0. The molecule has 1 heterocycles. The Morgan fingerprint density at radius 1 is 1.21 bits per heavy atom. The standard InChI is InChI=1S/C24H23N3OS/c1-2-22(23(28)26-21-13-7-10-16-8-3-5-11-19(16)21)29-24-18(15-25)14-17-9-4-6-12-20(17)27-24/h3,5,7-8,10-11,13-14,22H,2,4,6,9,12H2,1H3,(H,26,28). The van der Waals surface area contributed by atoms with Crippen LogP contribution in [-0.2, 0) is 17.6 Å². The van der Waals surface area contributed by atoms with Crippen LogP contribution in [0.1, 0.15) is 43.0 Å². The van der Waals surface area contributed by atoms with Crippen molar-refractivity contribution in [1.82, 2.24) is 4.98 Å². The van der Waals surface area contributed by atoms with Gasteiger partial charge in [-0.2, -0.15) is 5.26 Å². The molecule has 0 aliphatic heterocycles. The molecule has 146 valence electrons. The van der Waals surface area contributed by atoms with Crippen LogP contribution in [-0.4, -0.2) is 16.1 Å². The number of hydrogen-bond donors (Lipinski definition) is 1. The van der Waals surface area contributed by atoms with E-state index in [0.29, 0.717) is 17.0 Å². The number of hydrogen-bond acceptors (Lipinski definition) is 4. The Morgan fingerprint density at radius 3 is 2.83 bits per heavy atom. The molecule has 1 aliphatic carbocycles. The molecular formula is C24H23N3OS. The number of aromatic nitrogens is 1. The molecule has 1 amide bonds. The molecule has 2 aromatic carbocycles. The third-order valence-corrected chi connectivity index (χ3v) is 6.72. The number of anilines is 1. The number of aryl methyl sites for hydroxylation is 2. The van der Waals surface area contributed by atoms with E-state index in [4.69, 9.17) is 4.98 Å². The van der Waals surface area contributed by atoms with E-state index in [1.54, 1.807) is 0 Å². The minimum Gasteiger partial charge on any atom is -0.325 e. The molecule has 1 aromatic heterocycles. The number of rotatable bonds is 5. The van der Waals surface area contributed by atoms with Gasteiger partial charge in [-0.15, -0.1) is 0 Å². The lowest BCUT2D eigenvalue weighted by atomic mass is 9.95. The minimum atomic E-state index is -0.310. The topological polar surface area (TPSA) is 65.8 Å². The van der Waals surface area contributed by atoms with E-state index in [1.807, 2.05) is 55.5 Å². The Balaban J connectivity index is 1.58. The third-order valence-electron chi connectivity index (χ3n) is 5.35. The molecule has 0 saturated heterocycles. The van der Waals surface area contributed by atoms with E-state index < -0.39 is 0 Å². The molecule has 4 rings (SSSR count). The summed E-state index contributed by atoms with van der Waals surface area (Å²) in [5.41, 5.74) is 3.66. The monoisotopic (exact) mass is 401 g/mol. The van der Waals surface area contributed by atoms with Crippen LogP contribution in [0.2, 0.25) is 0 Å². The van der Waals surface area contributed by atoms with Gasteiger partial charge in [0, 0.05) is 16.8 Å². The van der Waals surface area contributed by atoms with Gasteiger partial charge in [0.05, 0.1) is 10.8 Å². The fourth-order valence-corrected chi connectivity index (χ4v) is 4.79. The number of carbonyl (C=O) groups excluding carboxylic acids is 1. The fraction of sp³-hybridized carbons (Fsp3) is 0.292.